The zero-order chi connectivity index (χ0) is 24.6. The summed E-state index contributed by atoms with van der Waals surface area (Å²) in [7, 11) is 3.12. The number of carbonyl (C=O) groups excluding carboxylic acids is 4. The number of amides is 3. The average Bonchev–Trinajstić information content (AvgIpc) is 3.09. The molecule has 1 atom stereocenters. The zero-order valence-corrected chi connectivity index (χ0v) is 19.5. The minimum absolute atomic E-state index is 0.255. The Morgan fingerprint density at radius 1 is 0.971 bits per heavy atom. The molecule has 1 unspecified atom stereocenters. The van der Waals surface area contributed by atoms with Gasteiger partial charge in [0.05, 0.1) is 25.3 Å². The third-order valence-electron chi connectivity index (χ3n) is 6.21. The fraction of sp³-hybridized carbons (Fsp3) is 0.360. The number of hydrogen-bond donors (Lipinski definition) is 0. The van der Waals surface area contributed by atoms with Crippen molar-refractivity contribution >= 4 is 23.7 Å². The molecule has 0 aliphatic carbocycles. The third-order valence-corrected chi connectivity index (χ3v) is 6.21. The molecule has 9 nitrogen and oxygen atoms in total. The standard InChI is InChI=1S/C25H26N2O7/c1-14-5-6-18-19(9-14)24(30)27(23(18)29)15(2)25(31)34-13-22(28)26-8-7-16-10-20(32-3)21(33-4)11-17(16)12-26/h5-6,9-11,15H,7-8,12-13H2,1-4H3. The number of benzene rings is 2. The van der Waals surface area contributed by atoms with Crippen LogP contribution in [-0.4, -0.2) is 66.9 Å². The van der Waals surface area contributed by atoms with E-state index >= 15 is 0 Å². The van der Waals surface area contributed by atoms with Gasteiger partial charge in [0.2, 0.25) is 0 Å². The maximum absolute atomic E-state index is 12.7. The molecule has 0 radical (unpaired) electrons. The average molecular weight is 466 g/mol. The maximum Gasteiger partial charge on any atom is 0.329 e. The van der Waals surface area contributed by atoms with Gasteiger partial charge < -0.3 is 19.1 Å². The summed E-state index contributed by atoms with van der Waals surface area (Å²) in [5.41, 5.74) is 3.35. The summed E-state index contributed by atoms with van der Waals surface area (Å²) in [6.45, 7) is 3.56. The van der Waals surface area contributed by atoms with Crippen molar-refractivity contribution in [3.63, 3.8) is 0 Å². The van der Waals surface area contributed by atoms with Gasteiger partial charge in [-0.3, -0.25) is 19.3 Å². The van der Waals surface area contributed by atoms with E-state index in [0.717, 1.165) is 21.6 Å². The lowest BCUT2D eigenvalue weighted by molar-refractivity contribution is -0.155. The Balaban J connectivity index is 1.38. The number of hydrogen-bond acceptors (Lipinski definition) is 7. The highest BCUT2D eigenvalue weighted by molar-refractivity contribution is 6.22. The van der Waals surface area contributed by atoms with Gasteiger partial charge in [-0.05, 0) is 55.7 Å². The van der Waals surface area contributed by atoms with Crippen molar-refractivity contribution in [1.82, 2.24) is 9.80 Å². The molecule has 9 heteroatoms. The van der Waals surface area contributed by atoms with Crippen LogP contribution in [0, 0.1) is 6.92 Å². The van der Waals surface area contributed by atoms with E-state index < -0.39 is 30.4 Å². The topological polar surface area (TPSA) is 102 Å². The lowest BCUT2D eigenvalue weighted by atomic mass is 9.99. The van der Waals surface area contributed by atoms with Gasteiger partial charge in [0.25, 0.3) is 17.7 Å². The van der Waals surface area contributed by atoms with Gasteiger partial charge >= 0.3 is 5.97 Å². The lowest BCUT2D eigenvalue weighted by Gasteiger charge is -2.29. The molecule has 0 spiro atoms. The Kier molecular flexibility index (Phi) is 6.28. The highest BCUT2D eigenvalue weighted by Gasteiger charge is 2.41. The number of rotatable bonds is 6. The van der Waals surface area contributed by atoms with Crippen molar-refractivity contribution < 1.29 is 33.4 Å². The van der Waals surface area contributed by atoms with Gasteiger partial charge in [-0.25, -0.2) is 4.79 Å². The van der Waals surface area contributed by atoms with E-state index in [1.807, 2.05) is 19.1 Å². The summed E-state index contributed by atoms with van der Waals surface area (Å²) < 4.78 is 15.9. The molecule has 0 saturated heterocycles. The van der Waals surface area contributed by atoms with Crippen molar-refractivity contribution in [2.45, 2.75) is 32.9 Å². The van der Waals surface area contributed by atoms with Gasteiger partial charge in [-0.15, -0.1) is 0 Å². The molecular formula is C25H26N2O7. The summed E-state index contributed by atoms with van der Waals surface area (Å²) >= 11 is 0. The van der Waals surface area contributed by atoms with Gasteiger partial charge in [0.1, 0.15) is 6.04 Å². The van der Waals surface area contributed by atoms with Crippen molar-refractivity contribution in [3.05, 3.63) is 58.1 Å². The molecule has 0 N–H and O–H groups in total. The molecule has 0 aromatic heterocycles. The molecule has 2 aromatic carbocycles. The number of fused-ring (bicyclic) bond motifs is 2. The summed E-state index contributed by atoms with van der Waals surface area (Å²) in [5, 5.41) is 0. The molecule has 0 saturated carbocycles. The number of ether oxygens (including phenoxy) is 3. The first-order chi connectivity index (χ1) is 16.2. The van der Waals surface area contributed by atoms with Crippen molar-refractivity contribution in [2.75, 3.05) is 27.4 Å². The molecule has 0 bridgehead atoms. The first-order valence-electron chi connectivity index (χ1n) is 10.9. The second-order valence-corrected chi connectivity index (χ2v) is 8.35. The highest BCUT2D eigenvalue weighted by Crippen LogP contribution is 2.33. The van der Waals surface area contributed by atoms with Gasteiger partial charge in [-0.2, -0.15) is 0 Å². The van der Waals surface area contributed by atoms with Gasteiger partial charge in [-0.1, -0.05) is 11.6 Å². The SMILES string of the molecule is COc1cc2c(cc1OC)CN(C(=O)COC(=O)C(C)N1C(=O)c3ccc(C)cc3C1=O)CC2. The Morgan fingerprint density at radius 3 is 2.29 bits per heavy atom. The van der Waals surface area contributed by atoms with Crippen LogP contribution in [0.1, 0.15) is 44.3 Å². The molecular weight excluding hydrogens is 440 g/mol. The summed E-state index contributed by atoms with van der Waals surface area (Å²) in [6, 6.07) is 7.52. The van der Waals surface area contributed by atoms with E-state index in [0.29, 0.717) is 31.0 Å². The Hall–Kier alpha value is -3.88. The fourth-order valence-electron chi connectivity index (χ4n) is 4.27. The van der Waals surface area contributed by atoms with Crippen LogP contribution in [-0.2, 0) is 27.3 Å². The number of aryl methyl sites for hydroxylation is 1. The summed E-state index contributed by atoms with van der Waals surface area (Å²) in [5.74, 6) is -1.06. The van der Waals surface area contributed by atoms with Crippen LogP contribution in [0.4, 0.5) is 0 Å². The van der Waals surface area contributed by atoms with E-state index in [2.05, 4.69) is 0 Å². The predicted octanol–water partition coefficient (Wildman–Crippen LogP) is 2.12. The van der Waals surface area contributed by atoms with Crippen molar-refractivity contribution in [3.8, 4) is 11.5 Å². The molecule has 34 heavy (non-hydrogen) atoms. The molecule has 178 valence electrons. The Morgan fingerprint density at radius 2 is 1.62 bits per heavy atom. The van der Waals surface area contributed by atoms with Crippen LogP contribution in [0.15, 0.2) is 30.3 Å². The zero-order valence-electron chi connectivity index (χ0n) is 19.5. The highest BCUT2D eigenvalue weighted by atomic mass is 16.5. The number of esters is 1. The van der Waals surface area contributed by atoms with Crippen molar-refractivity contribution in [2.24, 2.45) is 0 Å². The minimum Gasteiger partial charge on any atom is -0.493 e. The monoisotopic (exact) mass is 466 g/mol. The normalized spacial score (nSPS) is 15.5. The van der Waals surface area contributed by atoms with Gasteiger partial charge in [0.15, 0.2) is 18.1 Å². The van der Waals surface area contributed by atoms with Crippen LogP contribution < -0.4 is 9.47 Å². The molecule has 2 aromatic rings. The number of carbonyl (C=O) groups is 4. The van der Waals surface area contributed by atoms with Crippen LogP contribution in [0.5, 0.6) is 11.5 Å². The number of imide groups is 1. The Bertz CT molecular complexity index is 1190. The summed E-state index contributed by atoms with van der Waals surface area (Å²) in [6.07, 6.45) is 0.625. The molecule has 4 rings (SSSR count). The lowest BCUT2D eigenvalue weighted by Crippen LogP contribution is -2.45. The van der Waals surface area contributed by atoms with Crippen LogP contribution >= 0.6 is 0 Å². The number of nitrogens with zero attached hydrogens (tertiary/aromatic N) is 2. The first kappa shape index (κ1) is 23.3. The van der Waals surface area contributed by atoms with E-state index in [1.54, 1.807) is 37.3 Å². The quantitative estimate of drug-likeness (QED) is 0.475. The van der Waals surface area contributed by atoms with E-state index in [9.17, 15) is 19.2 Å². The number of methoxy groups -OCH3 is 2. The summed E-state index contributed by atoms with van der Waals surface area (Å²) in [4.78, 5) is 53.2. The van der Waals surface area contributed by atoms with Crippen LogP contribution in [0.3, 0.4) is 0 Å². The largest absolute Gasteiger partial charge is 0.493 e. The van der Waals surface area contributed by atoms with Gasteiger partial charge in [0, 0.05) is 13.1 Å². The molecule has 2 aliphatic rings. The molecule has 0 fully saturated rings. The second kappa shape index (κ2) is 9.17. The van der Waals surface area contributed by atoms with E-state index in [-0.39, 0.29) is 17.0 Å². The molecule has 3 amide bonds. The predicted molar refractivity (Wildman–Crippen MR) is 121 cm³/mol. The first-order valence-corrected chi connectivity index (χ1v) is 10.9. The van der Waals surface area contributed by atoms with Crippen molar-refractivity contribution in [1.29, 1.82) is 0 Å². The van der Waals surface area contributed by atoms with E-state index in [4.69, 9.17) is 14.2 Å². The molecule has 2 aliphatic heterocycles. The molecule has 2 heterocycles. The van der Waals surface area contributed by atoms with Crippen LogP contribution in [0.25, 0.3) is 0 Å². The minimum atomic E-state index is -1.15. The van der Waals surface area contributed by atoms with Crippen LogP contribution in [0.2, 0.25) is 0 Å². The maximum atomic E-state index is 12.7. The smallest absolute Gasteiger partial charge is 0.329 e. The Labute approximate surface area is 197 Å². The fourth-order valence-corrected chi connectivity index (χ4v) is 4.27. The second-order valence-electron chi connectivity index (χ2n) is 8.35. The third kappa shape index (κ3) is 4.09. The van der Waals surface area contributed by atoms with E-state index in [1.165, 1.54) is 6.92 Å².